The maximum atomic E-state index is 11.0. The van der Waals surface area contributed by atoms with Gasteiger partial charge in [0.15, 0.2) is 0 Å². The van der Waals surface area contributed by atoms with Gasteiger partial charge in [-0.1, -0.05) is 18.2 Å². The van der Waals surface area contributed by atoms with Gasteiger partial charge in [0.1, 0.15) is 5.69 Å². The lowest BCUT2D eigenvalue weighted by molar-refractivity contribution is -0.136. The fourth-order valence-electron chi connectivity index (χ4n) is 4.33. The molecule has 0 amide bonds. The molecule has 4 aromatic rings. The van der Waals surface area contributed by atoms with Crippen LogP contribution in [0, 0.1) is 0 Å². The molecule has 1 aliphatic rings. The molecule has 1 aliphatic heterocycles. The Bertz CT molecular complexity index is 1220. The molecule has 0 spiro atoms. The Morgan fingerprint density at radius 3 is 2.70 bits per heavy atom. The van der Waals surface area contributed by atoms with E-state index in [1.165, 1.54) is 5.56 Å². The van der Waals surface area contributed by atoms with Gasteiger partial charge in [-0.2, -0.15) is 5.10 Å². The van der Waals surface area contributed by atoms with Gasteiger partial charge in [0.05, 0.1) is 17.6 Å². The van der Waals surface area contributed by atoms with Crippen LogP contribution in [0.15, 0.2) is 42.5 Å². The number of aromatic amines is 2. The van der Waals surface area contributed by atoms with Gasteiger partial charge in [0, 0.05) is 28.9 Å². The highest BCUT2D eigenvalue weighted by Gasteiger charge is 2.17. The number of carboxylic acid groups (broad SMARTS) is 1. The molecule has 0 aliphatic carbocycles. The number of fused-ring (bicyclic) bond motifs is 2. The third-order valence-electron chi connectivity index (χ3n) is 5.96. The Labute approximate surface area is 173 Å². The molecular formula is C23H25N5O2. The zero-order valence-corrected chi connectivity index (χ0v) is 16.7. The highest BCUT2D eigenvalue weighted by atomic mass is 16.4. The number of benzene rings is 2. The number of H-pyrrole nitrogens is 2. The number of carbonyl (C=O) groups is 1. The number of hydrogen-bond acceptors (Lipinski definition) is 4. The number of piperidine rings is 1. The van der Waals surface area contributed by atoms with Crippen LogP contribution in [0.5, 0.6) is 0 Å². The van der Waals surface area contributed by atoms with E-state index in [1.807, 2.05) is 18.2 Å². The fraction of sp³-hybridized carbons (Fsp3) is 0.304. The Kier molecular flexibility index (Phi) is 4.77. The molecule has 1 saturated heterocycles. The highest BCUT2D eigenvalue weighted by molar-refractivity contribution is 5.96. The second kappa shape index (κ2) is 7.59. The van der Waals surface area contributed by atoms with Crippen molar-refractivity contribution in [3.63, 3.8) is 0 Å². The van der Waals surface area contributed by atoms with Crippen LogP contribution in [-0.4, -0.2) is 50.3 Å². The van der Waals surface area contributed by atoms with Crippen LogP contribution in [0.1, 0.15) is 24.0 Å². The number of likely N-dealkylation sites (tertiary alicyclic amines) is 1. The lowest BCUT2D eigenvalue weighted by Gasteiger charge is -2.30. The molecule has 7 heteroatoms. The third-order valence-corrected chi connectivity index (χ3v) is 5.96. The lowest BCUT2D eigenvalue weighted by atomic mass is 10.0. The largest absolute Gasteiger partial charge is 0.481 e. The second-order valence-electron chi connectivity index (χ2n) is 8.24. The van der Waals surface area contributed by atoms with Crippen molar-refractivity contribution in [3.05, 3.63) is 53.6 Å². The van der Waals surface area contributed by atoms with Gasteiger partial charge in [0.2, 0.25) is 0 Å². The van der Waals surface area contributed by atoms with Crippen LogP contribution in [0.25, 0.3) is 33.2 Å². The molecule has 2 aromatic heterocycles. The molecule has 0 unspecified atom stereocenters. The zero-order chi connectivity index (χ0) is 20.7. The molecule has 2 aromatic carbocycles. The van der Waals surface area contributed by atoms with Gasteiger partial charge >= 0.3 is 5.97 Å². The third kappa shape index (κ3) is 3.69. The van der Waals surface area contributed by atoms with E-state index in [9.17, 15) is 4.79 Å². The van der Waals surface area contributed by atoms with E-state index < -0.39 is 5.97 Å². The molecule has 0 atom stereocenters. The molecule has 0 radical (unpaired) electrons. The number of carboxylic acids is 1. The normalized spacial score (nSPS) is 15.9. The summed E-state index contributed by atoms with van der Waals surface area (Å²) >= 11 is 0. The Morgan fingerprint density at radius 1 is 1.10 bits per heavy atom. The summed E-state index contributed by atoms with van der Waals surface area (Å²) in [5, 5.41) is 18.6. The van der Waals surface area contributed by atoms with Gasteiger partial charge in [-0.25, -0.2) is 0 Å². The van der Waals surface area contributed by atoms with E-state index in [0.29, 0.717) is 6.04 Å². The first kappa shape index (κ1) is 18.8. The number of rotatable bonds is 5. The minimum Gasteiger partial charge on any atom is -0.481 e. The highest BCUT2D eigenvalue weighted by Crippen LogP contribution is 2.30. The quantitative estimate of drug-likeness (QED) is 0.409. The first-order chi connectivity index (χ1) is 14.5. The molecule has 0 bridgehead atoms. The first-order valence-electron chi connectivity index (χ1n) is 10.3. The van der Waals surface area contributed by atoms with E-state index in [2.05, 4.69) is 44.3 Å². The van der Waals surface area contributed by atoms with Crippen molar-refractivity contribution in [1.29, 1.82) is 0 Å². The van der Waals surface area contributed by atoms with Crippen LogP contribution < -0.4 is 5.73 Å². The maximum Gasteiger partial charge on any atom is 0.307 e. The predicted molar refractivity (Wildman–Crippen MR) is 117 cm³/mol. The topological polar surface area (TPSA) is 111 Å². The van der Waals surface area contributed by atoms with Crippen molar-refractivity contribution in [2.45, 2.75) is 31.8 Å². The van der Waals surface area contributed by atoms with Crippen molar-refractivity contribution in [2.75, 3.05) is 13.1 Å². The molecule has 0 saturated carbocycles. The minimum atomic E-state index is -0.840. The Hall–Kier alpha value is -3.16. The Balaban J connectivity index is 1.41. The SMILES string of the molecule is NC1CCN(Cc2ccc3[nH]c(-c4n[nH]c5cc(CC(=O)O)ccc45)cc3c2)CC1. The van der Waals surface area contributed by atoms with E-state index in [-0.39, 0.29) is 6.42 Å². The van der Waals surface area contributed by atoms with Crippen molar-refractivity contribution in [1.82, 2.24) is 20.1 Å². The van der Waals surface area contributed by atoms with Crippen molar-refractivity contribution < 1.29 is 9.90 Å². The summed E-state index contributed by atoms with van der Waals surface area (Å²) in [6.45, 7) is 3.06. The van der Waals surface area contributed by atoms with Crippen molar-refractivity contribution in [2.24, 2.45) is 5.73 Å². The summed E-state index contributed by atoms with van der Waals surface area (Å²) in [6, 6.07) is 14.7. The van der Waals surface area contributed by atoms with Crippen LogP contribution in [0.2, 0.25) is 0 Å². The Morgan fingerprint density at radius 2 is 1.90 bits per heavy atom. The van der Waals surface area contributed by atoms with Gasteiger partial charge in [-0.05, 0) is 61.3 Å². The van der Waals surface area contributed by atoms with Crippen LogP contribution >= 0.6 is 0 Å². The summed E-state index contributed by atoms with van der Waals surface area (Å²) in [6.07, 6.45) is 2.14. The number of nitrogens with zero attached hydrogens (tertiary/aromatic N) is 2. The molecular weight excluding hydrogens is 378 g/mol. The standard InChI is InChI=1S/C23H25N5O2/c24-17-5-7-28(8-6-17)13-15-2-4-19-16(9-15)12-21(25-19)23-18-3-1-14(11-22(29)30)10-20(18)26-27-23/h1-4,9-10,12,17,25H,5-8,11,13,24H2,(H,26,27)(H,29,30). The second-order valence-corrected chi connectivity index (χ2v) is 8.24. The molecule has 5 rings (SSSR count). The van der Waals surface area contributed by atoms with E-state index >= 15 is 0 Å². The van der Waals surface area contributed by atoms with Crippen LogP contribution in [0.3, 0.4) is 0 Å². The van der Waals surface area contributed by atoms with Gasteiger partial charge in [-0.3, -0.25) is 14.8 Å². The van der Waals surface area contributed by atoms with Gasteiger partial charge in [0.25, 0.3) is 0 Å². The van der Waals surface area contributed by atoms with Crippen LogP contribution in [-0.2, 0) is 17.8 Å². The van der Waals surface area contributed by atoms with E-state index in [1.54, 1.807) is 0 Å². The smallest absolute Gasteiger partial charge is 0.307 e. The number of nitrogens with one attached hydrogen (secondary N) is 2. The number of hydrogen-bond donors (Lipinski definition) is 4. The monoisotopic (exact) mass is 403 g/mol. The predicted octanol–water partition coefficient (Wildman–Crippen LogP) is 3.26. The summed E-state index contributed by atoms with van der Waals surface area (Å²) in [4.78, 5) is 16.9. The van der Waals surface area contributed by atoms with Gasteiger partial charge in [-0.15, -0.1) is 0 Å². The lowest BCUT2D eigenvalue weighted by Crippen LogP contribution is -2.39. The summed E-state index contributed by atoms with van der Waals surface area (Å²) in [5.41, 5.74) is 11.8. The van der Waals surface area contributed by atoms with Crippen molar-refractivity contribution >= 4 is 27.8 Å². The average molecular weight is 403 g/mol. The number of aliphatic carboxylic acids is 1. The molecule has 3 heterocycles. The number of aromatic nitrogens is 3. The van der Waals surface area contributed by atoms with E-state index in [4.69, 9.17) is 10.8 Å². The van der Waals surface area contributed by atoms with Crippen LogP contribution in [0.4, 0.5) is 0 Å². The molecule has 1 fully saturated rings. The summed E-state index contributed by atoms with van der Waals surface area (Å²) < 4.78 is 0. The minimum absolute atomic E-state index is 0.00239. The summed E-state index contributed by atoms with van der Waals surface area (Å²) in [5.74, 6) is -0.840. The van der Waals surface area contributed by atoms with Gasteiger partial charge < -0.3 is 15.8 Å². The number of nitrogens with two attached hydrogens (primary N) is 1. The average Bonchev–Trinajstić information content (AvgIpc) is 3.32. The zero-order valence-electron chi connectivity index (χ0n) is 16.7. The summed E-state index contributed by atoms with van der Waals surface area (Å²) in [7, 11) is 0. The molecule has 5 N–H and O–H groups in total. The van der Waals surface area contributed by atoms with E-state index in [0.717, 1.165) is 71.2 Å². The maximum absolute atomic E-state index is 11.0. The first-order valence-corrected chi connectivity index (χ1v) is 10.3. The molecule has 30 heavy (non-hydrogen) atoms. The van der Waals surface area contributed by atoms with Crippen molar-refractivity contribution in [3.8, 4) is 11.4 Å². The molecule has 154 valence electrons. The fourth-order valence-corrected chi connectivity index (χ4v) is 4.33. The molecule has 7 nitrogen and oxygen atoms in total.